The van der Waals surface area contributed by atoms with Gasteiger partial charge in [-0.2, -0.15) is 10.5 Å². The molecule has 0 fully saturated rings. The zero-order chi connectivity index (χ0) is 9.07. The van der Waals surface area contributed by atoms with E-state index in [4.69, 9.17) is 10.5 Å². The van der Waals surface area contributed by atoms with Gasteiger partial charge < -0.3 is 0 Å². The summed E-state index contributed by atoms with van der Waals surface area (Å²) < 4.78 is 0. The normalized spacial score (nSPS) is 9.64. The van der Waals surface area contributed by atoms with E-state index < -0.39 is 0 Å². The SMILES string of the molecule is CC(=C(C#N)C#N)C(C)(C)C. The number of hydrogen-bond donors (Lipinski definition) is 0. The lowest BCUT2D eigenvalue weighted by atomic mass is 9.85. The number of hydrogen-bond acceptors (Lipinski definition) is 2. The second-order valence-electron chi connectivity index (χ2n) is 3.47. The highest BCUT2D eigenvalue weighted by Gasteiger charge is 2.16. The first-order chi connectivity index (χ1) is 4.93. The third kappa shape index (κ3) is 2.43. The van der Waals surface area contributed by atoms with E-state index in [-0.39, 0.29) is 11.0 Å². The monoisotopic (exact) mass is 148 g/mol. The van der Waals surface area contributed by atoms with E-state index in [2.05, 4.69) is 0 Å². The van der Waals surface area contributed by atoms with Crippen LogP contribution >= 0.6 is 0 Å². The summed E-state index contributed by atoms with van der Waals surface area (Å²) in [6.07, 6.45) is 0. The summed E-state index contributed by atoms with van der Waals surface area (Å²) in [5.74, 6) is 0. The van der Waals surface area contributed by atoms with E-state index in [0.717, 1.165) is 5.57 Å². The molecule has 2 nitrogen and oxygen atoms in total. The van der Waals surface area contributed by atoms with Gasteiger partial charge in [0.2, 0.25) is 0 Å². The van der Waals surface area contributed by atoms with Gasteiger partial charge >= 0.3 is 0 Å². The van der Waals surface area contributed by atoms with Gasteiger partial charge in [-0.05, 0) is 17.9 Å². The van der Waals surface area contributed by atoms with Gasteiger partial charge in [-0.1, -0.05) is 20.8 Å². The van der Waals surface area contributed by atoms with Crippen molar-refractivity contribution in [2.45, 2.75) is 27.7 Å². The summed E-state index contributed by atoms with van der Waals surface area (Å²) in [5.41, 5.74) is 1.00. The molecule has 0 saturated carbocycles. The molecule has 0 bridgehead atoms. The lowest BCUT2D eigenvalue weighted by Crippen LogP contribution is -2.08. The molecule has 0 amide bonds. The minimum absolute atomic E-state index is 0.0825. The van der Waals surface area contributed by atoms with Crippen molar-refractivity contribution in [2.24, 2.45) is 5.41 Å². The first-order valence-electron chi connectivity index (χ1n) is 3.45. The molecule has 0 aromatic carbocycles. The molecule has 0 saturated heterocycles. The van der Waals surface area contributed by atoms with E-state index in [0.29, 0.717) is 0 Å². The van der Waals surface area contributed by atoms with Crippen LogP contribution < -0.4 is 0 Å². The van der Waals surface area contributed by atoms with Crippen LogP contribution in [0.2, 0.25) is 0 Å². The van der Waals surface area contributed by atoms with Gasteiger partial charge in [0.05, 0.1) is 0 Å². The fourth-order valence-electron chi connectivity index (χ4n) is 0.568. The minimum Gasteiger partial charge on any atom is -0.192 e. The fourth-order valence-corrected chi connectivity index (χ4v) is 0.568. The van der Waals surface area contributed by atoms with Crippen LogP contribution in [-0.2, 0) is 0 Å². The molecule has 0 aromatic heterocycles. The maximum absolute atomic E-state index is 8.53. The van der Waals surface area contributed by atoms with Crippen molar-refractivity contribution < 1.29 is 0 Å². The van der Waals surface area contributed by atoms with Gasteiger partial charge in [-0.3, -0.25) is 0 Å². The zero-order valence-corrected chi connectivity index (χ0v) is 7.39. The van der Waals surface area contributed by atoms with Crippen molar-refractivity contribution in [3.05, 3.63) is 11.1 Å². The quantitative estimate of drug-likeness (QED) is 0.495. The predicted molar refractivity (Wildman–Crippen MR) is 43.4 cm³/mol. The second kappa shape index (κ2) is 3.21. The Kier molecular flexibility index (Phi) is 2.84. The van der Waals surface area contributed by atoms with Gasteiger partial charge in [-0.25, -0.2) is 0 Å². The highest BCUT2D eigenvalue weighted by Crippen LogP contribution is 2.26. The summed E-state index contributed by atoms with van der Waals surface area (Å²) in [5, 5.41) is 17.1. The largest absolute Gasteiger partial charge is 0.192 e. The molecule has 11 heavy (non-hydrogen) atoms. The molecule has 0 atom stereocenters. The molecule has 0 N–H and O–H groups in total. The Morgan fingerprint density at radius 3 is 1.55 bits per heavy atom. The van der Waals surface area contributed by atoms with Crippen molar-refractivity contribution in [1.82, 2.24) is 0 Å². The molecule has 0 heterocycles. The Hall–Kier alpha value is -1.28. The van der Waals surface area contributed by atoms with Crippen molar-refractivity contribution in [3.8, 4) is 12.1 Å². The highest BCUT2D eigenvalue weighted by molar-refractivity contribution is 5.41. The fraction of sp³-hybridized carbons (Fsp3) is 0.556. The summed E-state index contributed by atoms with van der Waals surface area (Å²) in [6, 6.07) is 3.75. The van der Waals surface area contributed by atoms with Crippen molar-refractivity contribution in [3.63, 3.8) is 0 Å². The number of nitriles is 2. The first-order valence-corrected chi connectivity index (χ1v) is 3.45. The smallest absolute Gasteiger partial charge is 0.129 e. The molecular formula is C9H12N2. The molecule has 58 valence electrons. The van der Waals surface area contributed by atoms with Crippen LogP contribution in [0.25, 0.3) is 0 Å². The Morgan fingerprint density at radius 2 is 1.45 bits per heavy atom. The molecule has 0 aliphatic rings. The standard InChI is InChI=1S/C9H12N2/c1-7(9(2,3)4)8(5-10)6-11/h1-4H3. The van der Waals surface area contributed by atoms with Crippen molar-refractivity contribution in [1.29, 1.82) is 10.5 Å². The Bertz CT molecular complexity index is 237. The number of nitrogens with zero attached hydrogens (tertiary/aromatic N) is 2. The number of rotatable bonds is 0. The van der Waals surface area contributed by atoms with Gasteiger partial charge in [0.15, 0.2) is 0 Å². The van der Waals surface area contributed by atoms with Crippen molar-refractivity contribution in [2.75, 3.05) is 0 Å². The van der Waals surface area contributed by atoms with E-state index in [9.17, 15) is 0 Å². The van der Waals surface area contributed by atoms with Crippen LogP contribution in [0.4, 0.5) is 0 Å². The molecule has 2 heteroatoms. The molecule has 0 aliphatic heterocycles. The molecule has 0 radical (unpaired) electrons. The molecule has 0 aromatic rings. The van der Waals surface area contributed by atoms with Crippen LogP contribution in [0.3, 0.4) is 0 Å². The van der Waals surface area contributed by atoms with E-state index >= 15 is 0 Å². The average molecular weight is 148 g/mol. The van der Waals surface area contributed by atoms with E-state index in [1.54, 1.807) is 0 Å². The van der Waals surface area contributed by atoms with Crippen LogP contribution in [0.1, 0.15) is 27.7 Å². The summed E-state index contributed by atoms with van der Waals surface area (Å²) >= 11 is 0. The van der Waals surface area contributed by atoms with Gasteiger partial charge in [0.1, 0.15) is 17.7 Å². The topological polar surface area (TPSA) is 47.6 Å². The minimum atomic E-state index is -0.0825. The molecule has 0 rings (SSSR count). The molecule has 0 unspecified atom stereocenters. The predicted octanol–water partition coefficient (Wildman–Crippen LogP) is 2.40. The van der Waals surface area contributed by atoms with Crippen LogP contribution in [-0.4, -0.2) is 0 Å². The van der Waals surface area contributed by atoms with E-state index in [1.165, 1.54) is 0 Å². The third-order valence-electron chi connectivity index (χ3n) is 1.72. The van der Waals surface area contributed by atoms with Gasteiger partial charge in [0.25, 0.3) is 0 Å². The number of allylic oxidation sites excluding steroid dienone is 2. The summed E-state index contributed by atoms with van der Waals surface area (Å²) in [6.45, 7) is 7.77. The van der Waals surface area contributed by atoms with Crippen LogP contribution in [0.15, 0.2) is 11.1 Å². The maximum atomic E-state index is 8.53. The Balaban J connectivity index is 5.01. The maximum Gasteiger partial charge on any atom is 0.129 e. The van der Waals surface area contributed by atoms with Crippen molar-refractivity contribution >= 4 is 0 Å². The molecular weight excluding hydrogens is 136 g/mol. The van der Waals surface area contributed by atoms with Crippen LogP contribution in [0.5, 0.6) is 0 Å². The Morgan fingerprint density at radius 1 is 1.09 bits per heavy atom. The Labute approximate surface area is 67.8 Å². The highest BCUT2D eigenvalue weighted by atomic mass is 14.3. The first kappa shape index (κ1) is 9.72. The van der Waals surface area contributed by atoms with Gasteiger partial charge in [-0.15, -0.1) is 0 Å². The second-order valence-corrected chi connectivity index (χ2v) is 3.47. The summed E-state index contributed by atoms with van der Waals surface area (Å²) in [4.78, 5) is 0. The molecule has 0 spiro atoms. The van der Waals surface area contributed by atoms with Gasteiger partial charge in [0, 0.05) is 0 Å². The summed E-state index contributed by atoms with van der Waals surface area (Å²) in [7, 11) is 0. The lowest BCUT2D eigenvalue weighted by molar-refractivity contribution is 0.502. The van der Waals surface area contributed by atoms with E-state index in [1.807, 2.05) is 39.8 Å². The third-order valence-corrected chi connectivity index (χ3v) is 1.72. The average Bonchev–Trinajstić information content (AvgIpc) is 1.88. The lowest BCUT2D eigenvalue weighted by Gasteiger charge is -2.18. The van der Waals surface area contributed by atoms with Crippen LogP contribution in [0, 0.1) is 28.1 Å². The molecule has 0 aliphatic carbocycles. The zero-order valence-electron chi connectivity index (χ0n) is 7.39.